The van der Waals surface area contributed by atoms with E-state index in [-0.39, 0.29) is 0 Å². The number of rotatable bonds is 1. The Morgan fingerprint density at radius 3 is 3.06 bits per heavy atom. The van der Waals surface area contributed by atoms with Crippen molar-refractivity contribution < 1.29 is 0 Å². The minimum absolute atomic E-state index is 0.742. The Bertz CT molecular complexity index is 509. The molecule has 0 amide bonds. The number of likely N-dealkylation sites (N-methyl/N-ethyl adjacent to an activating group) is 1. The standard InChI is InChI=1S/C14H20N2/c1-10-4-3-5-13-14(10)12(8-15-13)11-6-7-16(2)9-11/h5,8,11,15H,3-4,6-7,9H2,1-2H3. The first-order valence-corrected chi connectivity index (χ1v) is 6.31. The maximum atomic E-state index is 3.45. The molecule has 1 atom stereocenters. The van der Waals surface area contributed by atoms with Gasteiger partial charge >= 0.3 is 0 Å². The third-order valence-corrected chi connectivity index (χ3v) is 4.07. The number of hydrogen-bond donors (Lipinski definition) is 1. The molecule has 2 nitrogen and oxygen atoms in total. The zero-order valence-electron chi connectivity index (χ0n) is 10.2. The van der Waals surface area contributed by atoms with Gasteiger partial charge in [0, 0.05) is 23.3 Å². The molecule has 1 aromatic heterocycles. The van der Waals surface area contributed by atoms with Crippen molar-refractivity contribution in [2.45, 2.75) is 32.1 Å². The number of aromatic amines is 1. The van der Waals surface area contributed by atoms with E-state index in [9.17, 15) is 0 Å². The van der Waals surface area contributed by atoms with Crippen molar-refractivity contribution in [3.8, 4) is 0 Å². The smallest absolute Gasteiger partial charge is 0.0415 e. The number of likely N-dealkylation sites (tertiary alicyclic amines) is 1. The molecule has 0 bridgehead atoms. The topological polar surface area (TPSA) is 19.0 Å². The van der Waals surface area contributed by atoms with Gasteiger partial charge in [-0.2, -0.15) is 0 Å². The predicted octanol–water partition coefficient (Wildman–Crippen LogP) is 1.18. The van der Waals surface area contributed by atoms with Crippen LogP contribution in [0.15, 0.2) is 6.20 Å². The monoisotopic (exact) mass is 216 g/mol. The molecule has 1 aromatic rings. The van der Waals surface area contributed by atoms with Gasteiger partial charge in [-0.25, -0.2) is 0 Å². The van der Waals surface area contributed by atoms with Crippen molar-refractivity contribution in [2.24, 2.45) is 0 Å². The van der Waals surface area contributed by atoms with Crippen molar-refractivity contribution in [1.29, 1.82) is 0 Å². The van der Waals surface area contributed by atoms with E-state index in [0.717, 1.165) is 5.92 Å². The van der Waals surface area contributed by atoms with Gasteiger partial charge in [0.1, 0.15) is 0 Å². The van der Waals surface area contributed by atoms with Gasteiger partial charge < -0.3 is 9.88 Å². The molecule has 0 aromatic carbocycles. The summed E-state index contributed by atoms with van der Waals surface area (Å²) in [7, 11) is 2.22. The van der Waals surface area contributed by atoms with Gasteiger partial charge in [-0.15, -0.1) is 0 Å². The SMILES string of the molecule is CC1=c2c(C3CCN(C)C3)c[nH]c2=CCC1. The zero-order chi connectivity index (χ0) is 11.1. The molecule has 0 spiro atoms. The molecule has 3 rings (SSSR count). The molecule has 1 aliphatic heterocycles. The molecule has 2 aliphatic rings. The number of hydrogen-bond acceptors (Lipinski definition) is 1. The summed E-state index contributed by atoms with van der Waals surface area (Å²) >= 11 is 0. The molecular weight excluding hydrogens is 196 g/mol. The summed E-state index contributed by atoms with van der Waals surface area (Å²) < 4.78 is 0. The van der Waals surface area contributed by atoms with Crippen LogP contribution in [0.25, 0.3) is 11.6 Å². The maximum absolute atomic E-state index is 3.45. The number of H-pyrrole nitrogens is 1. The van der Waals surface area contributed by atoms with Gasteiger partial charge in [-0.3, -0.25) is 0 Å². The molecule has 1 N–H and O–H groups in total. The maximum Gasteiger partial charge on any atom is 0.0415 e. The highest BCUT2D eigenvalue weighted by molar-refractivity contribution is 5.51. The average Bonchev–Trinajstić information content (AvgIpc) is 2.84. The Balaban J connectivity index is 2.10. The van der Waals surface area contributed by atoms with Gasteiger partial charge in [0.25, 0.3) is 0 Å². The van der Waals surface area contributed by atoms with E-state index >= 15 is 0 Å². The van der Waals surface area contributed by atoms with Crippen LogP contribution in [0.3, 0.4) is 0 Å². The van der Waals surface area contributed by atoms with Gasteiger partial charge in [0.2, 0.25) is 0 Å². The van der Waals surface area contributed by atoms with Crippen LogP contribution in [-0.4, -0.2) is 30.0 Å². The molecular formula is C14H20N2. The van der Waals surface area contributed by atoms with E-state index in [1.807, 2.05) is 0 Å². The van der Waals surface area contributed by atoms with Crippen LogP contribution in [0.2, 0.25) is 0 Å². The van der Waals surface area contributed by atoms with Gasteiger partial charge in [-0.05, 0) is 51.3 Å². The van der Waals surface area contributed by atoms with Crippen LogP contribution in [0, 0.1) is 0 Å². The Morgan fingerprint density at radius 1 is 1.44 bits per heavy atom. The molecule has 0 radical (unpaired) electrons. The summed E-state index contributed by atoms with van der Waals surface area (Å²) in [5.41, 5.74) is 3.14. The lowest BCUT2D eigenvalue weighted by atomic mass is 9.95. The van der Waals surface area contributed by atoms with Crippen molar-refractivity contribution in [1.82, 2.24) is 9.88 Å². The van der Waals surface area contributed by atoms with Crippen LogP contribution in [0.1, 0.15) is 37.7 Å². The molecule has 1 unspecified atom stereocenters. The van der Waals surface area contributed by atoms with E-state index in [4.69, 9.17) is 0 Å². The molecule has 1 fully saturated rings. The van der Waals surface area contributed by atoms with E-state index in [1.54, 1.807) is 11.1 Å². The first kappa shape index (κ1) is 10.2. The molecule has 1 saturated heterocycles. The van der Waals surface area contributed by atoms with Crippen LogP contribution >= 0.6 is 0 Å². The van der Waals surface area contributed by atoms with E-state index in [1.165, 1.54) is 42.9 Å². The number of nitrogens with one attached hydrogen (secondary N) is 1. The fraction of sp³-hybridized carbons (Fsp3) is 0.571. The molecule has 86 valence electrons. The highest BCUT2D eigenvalue weighted by Crippen LogP contribution is 2.24. The highest BCUT2D eigenvalue weighted by Gasteiger charge is 2.23. The minimum Gasteiger partial charge on any atom is -0.361 e. The van der Waals surface area contributed by atoms with E-state index in [0.29, 0.717) is 0 Å². The van der Waals surface area contributed by atoms with E-state index < -0.39 is 0 Å². The summed E-state index contributed by atoms with van der Waals surface area (Å²) in [5.74, 6) is 0.742. The number of aromatic nitrogens is 1. The first-order chi connectivity index (χ1) is 7.75. The minimum atomic E-state index is 0.742. The Labute approximate surface area is 96.7 Å². The second-order valence-electron chi connectivity index (χ2n) is 5.30. The molecule has 16 heavy (non-hydrogen) atoms. The third-order valence-electron chi connectivity index (χ3n) is 4.07. The second-order valence-corrected chi connectivity index (χ2v) is 5.30. The summed E-state index contributed by atoms with van der Waals surface area (Å²) in [6.45, 7) is 4.76. The molecule has 1 aliphatic carbocycles. The molecule has 2 heteroatoms. The zero-order valence-corrected chi connectivity index (χ0v) is 10.2. The molecule has 0 saturated carbocycles. The summed E-state index contributed by atoms with van der Waals surface area (Å²) in [6.07, 6.45) is 8.35. The quantitative estimate of drug-likeness (QED) is 0.747. The van der Waals surface area contributed by atoms with Crippen molar-refractivity contribution >= 4 is 11.6 Å². The second kappa shape index (κ2) is 3.77. The number of nitrogens with zero attached hydrogens (tertiary/aromatic N) is 1. The first-order valence-electron chi connectivity index (χ1n) is 6.31. The third kappa shape index (κ3) is 1.52. The van der Waals surface area contributed by atoms with Crippen LogP contribution in [0.5, 0.6) is 0 Å². The van der Waals surface area contributed by atoms with E-state index in [2.05, 4.69) is 36.1 Å². The predicted molar refractivity (Wildman–Crippen MR) is 67.7 cm³/mol. The van der Waals surface area contributed by atoms with Gasteiger partial charge in [-0.1, -0.05) is 11.6 Å². The summed E-state index contributed by atoms with van der Waals surface area (Å²) in [4.78, 5) is 5.89. The fourth-order valence-electron chi connectivity index (χ4n) is 3.16. The lowest BCUT2D eigenvalue weighted by molar-refractivity contribution is 0.411. The van der Waals surface area contributed by atoms with Gasteiger partial charge in [0.15, 0.2) is 0 Å². The average molecular weight is 216 g/mol. The normalized spacial score (nSPS) is 25.6. The fourth-order valence-corrected chi connectivity index (χ4v) is 3.16. The largest absolute Gasteiger partial charge is 0.361 e. The van der Waals surface area contributed by atoms with Crippen molar-refractivity contribution in [2.75, 3.05) is 20.1 Å². The lowest BCUT2D eigenvalue weighted by Crippen LogP contribution is -2.31. The van der Waals surface area contributed by atoms with Crippen molar-refractivity contribution in [3.05, 3.63) is 22.3 Å². The number of fused-ring (bicyclic) bond motifs is 1. The van der Waals surface area contributed by atoms with Crippen LogP contribution in [0.4, 0.5) is 0 Å². The lowest BCUT2D eigenvalue weighted by Gasteiger charge is -2.11. The van der Waals surface area contributed by atoms with Crippen LogP contribution < -0.4 is 10.6 Å². The summed E-state index contributed by atoms with van der Waals surface area (Å²) in [6, 6.07) is 0. The Hall–Kier alpha value is -1.02. The highest BCUT2D eigenvalue weighted by atomic mass is 15.1. The molecule has 2 heterocycles. The Kier molecular flexibility index (Phi) is 2.40. The van der Waals surface area contributed by atoms with Gasteiger partial charge in [0.05, 0.1) is 0 Å². The summed E-state index contributed by atoms with van der Waals surface area (Å²) in [5, 5.41) is 2.90. The van der Waals surface area contributed by atoms with Crippen molar-refractivity contribution in [3.63, 3.8) is 0 Å². The van der Waals surface area contributed by atoms with Crippen LogP contribution in [-0.2, 0) is 0 Å². The Morgan fingerprint density at radius 2 is 2.31 bits per heavy atom.